The number of benzene rings is 1. The third kappa shape index (κ3) is 3.27. The molecule has 0 aliphatic heterocycles. The topological polar surface area (TPSA) is 59.3 Å². The summed E-state index contributed by atoms with van der Waals surface area (Å²) < 4.78 is 62.0. The lowest BCUT2D eigenvalue weighted by Crippen LogP contribution is -2.19. The van der Waals surface area contributed by atoms with Crippen LogP contribution in [0.15, 0.2) is 47.6 Å². The summed E-state index contributed by atoms with van der Waals surface area (Å²) >= 11 is 0. The van der Waals surface area contributed by atoms with Crippen LogP contribution in [0, 0.1) is 0 Å². The molecular formula is C13H12F3NO3S. The van der Waals surface area contributed by atoms with E-state index in [0.29, 0.717) is 0 Å². The normalized spacial score (nSPS) is 14.1. The van der Waals surface area contributed by atoms with Gasteiger partial charge in [0, 0.05) is 24.2 Å². The minimum absolute atomic E-state index is 0.00588. The summed E-state index contributed by atoms with van der Waals surface area (Å²) in [7, 11) is -3.53. The van der Waals surface area contributed by atoms with E-state index in [-0.39, 0.29) is 16.1 Å². The molecule has 1 atom stereocenters. The predicted molar refractivity (Wildman–Crippen MR) is 69.9 cm³/mol. The largest absolute Gasteiger partial charge is 0.418 e. The molecule has 4 nitrogen and oxygen atoms in total. The highest BCUT2D eigenvalue weighted by Gasteiger charge is 2.39. The van der Waals surface area contributed by atoms with Crippen molar-refractivity contribution in [2.24, 2.45) is 0 Å². The highest BCUT2D eigenvalue weighted by Crippen LogP contribution is 2.33. The number of aliphatic hydroxyl groups is 1. The Labute approximate surface area is 119 Å². The first kappa shape index (κ1) is 15.6. The van der Waals surface area contributed by atoms with Crippen LogP contribution in [0.1, 0.15) is 11.7 Å². The van der Waals surface area contributed by atoms with Crippen LogP contribution in [0.25, 0.3) is 5.69 Å². The molecule has 1 aromatic carbocycles. The number of sulfone groups is 1. The van der Waals surface area contributed by atoms with Crippen molar-refractivity contribution in [1.29, 1.82) is 0 Å². The predicted octanol–water partition coefficient (Wildman–Crippen LogP) is 2.48. The van der Waals surface area contributed by atoms with Crippen molar-refractivity contribution in [3.05, 3.63) is 48.3 Å². The van der Waals surface area contributed by atoms with E-state index in [2.05, 4.69) is 0 Å². The minimum Gasteiger partial charge on any atom is -0.379 e. The second-order valence-electron chi connectivity index (χ2n) is 4.54. The summed E-state index contributed by atoms with van der Waals surface area (Å²) in [5.41, 5.74) is -0.133. The summed E-state index contributed by atoms with van der Waals surface area (Å²) in [4.78, 5) is -0.00588. The Bertz CT molecular complexity index is 750. The number of hydrogen-bond donors (Lipinski definition) is 1. The van der Waals surface area contributed by atoms with Gasteiger partial charge < -0.3 is 9.67 Å². The number of nitrogens with zero attached hydrogens (tertiary/aromatic N) is 1. The summed E-state index contributed by atoms with van der Waals surface area (Å²) in [6, 6.07) is 7.03. The standard InChI is InChI=1S/C13H12F3NO3S/c1-21(19,20)11-5-3-2-4-10(11)17-7-6-9(8-17)12(18)13(14,15)16/h2-8,12,18H,1H3. The van der Waals surface area contributed by atoms with Gasteiger partial charge in [-0.15, -0.1) is 0 Å². The van der Waals surface area contributed by atoms with Crippen molar-refractivity contribution in [2.75, 3.05) is 6.26 Å². The maximum absolute atomic E-state index is 12.5. The van der Waals surface area contributed by atoms with Crippen LogP contribution >= 0.6 is 0 Å². The molecule has 1 unspecified atom stereocenters. The lowest BCUT2D eigenvalue weighted by molar-refractivity contribution is -0.206. The van der Waals surface area contributed by atoms with E-state index < -0.39 is 22.1 Å². The molecule has 8 heteroatoms. The molecule has 1 heterocycles. The van der Waals surface area contributed by atoms with E-state index in [4.69, 9.17) is 0 Å². The zero-order valence-electron chi connectivity index (χ0n) is 10.9. The number of alkyl halides is 3. The molecule has 0 spiro atoms. The average Bonchev–Trinajstić information content (AvgIpc) is 2.85. The average molecular weight is 319 g/mol. The molecule has 0 saturated carbocycles. The van der Waals surface area contributed by atoms with Crippen LogP contribution in [-0.4, -0.2) is 30.5 Å². The van der Waals surface area contributed by atoms with Gasteiger partial charge in [0.15, 0.2) is 15.9 Å². The third-order valence-electron chi connectivity index (χ3n) is 2.88. The Morgan fingerprint density at radius 2 is 1.81 bits per heavy atom. The fourth-order valence-electron chi connectivity index (χ4n) is 1.90. The lowest BCUT2D eigenvalue weighted by atomic mass is 10.2. The molecule has 114 valence electrons. The molecular weight excluding hydrogens is 307 g/mol. The highest BCUT2D eigenvalue weighted by molar-refractivity contribution is 7.90. The molecule has 0 amide bonds. The van der Waals surface area contributed by atoms with Gasteiger partial charge in [0.1, 0.15) is 0 Å². The van der Waals surface area contributed by atoms with Crippen LogP contribution in [0.5, 0.6) is 0 Å². The number of rotatable bonds is 3. The van der Waals surface area contributed by atoms with Gasteiger partial charge in [0.2, 0.25) is 0 Å². The van der Waals surface area contributed by atoms with Crippen molar-refractivity contribution >= 4 is 9.84 Å². The molecule has 0 aliphatic carbocycles. The van der Waals surface area contributed by atoms with Gasteiger partial charge in [-0.2, -0.15) is 13.2 Å². The molecule has 0 fully saturated rings. The van der Waals surface area contributed by atoms with E-state index >= 15 is 0 Å². The number of para-hydroxylation sites is 1. The summed E-state index contributed by atoms with van der Waals surface area (Å²) in [6.07, 6.45) is -4.04. The van der Waals surface area contributed by atoms with Gasteiger partial charge in [-0.25, -0.2) is 8.42 Å². The maximum Gasteiger partial charge on any atom is 0.418 e. The second kappa shape index (κ2) is 5.19. The van der Waals surface area contributed by atoms with Crippen LogP contribution in [0.2, 0.25) is 0 Å². The van der Waals surface area contributed by atoms with Crippen molar-refractivity contribution in [1.82, 2.24) is 4.57 Å². The molecule has 2 rings (SSSR count). The first-order valence-corrected chi connectivity index (χ1v) is 7.72. The maximum atomic E-state index is 12.5. The van der Waals surface area contributed by atoms with Crippen molar-refractivity contribution in [2.45, 2.75) is 17.2 Å². The first-order valence-electron chi connectivity index (χ1n) is 5.83. The fourth-order valence-corrected chi connectivity index (χ4v) is 2.78. The fraction of sp³-hybridized carbons (Fsp3) is 0.231. The monoisotopic (exact) mass is 319 g/mol. The minimum atomic E-state index is -4.78. The van der Waals surface area contributed by atoms with Gasteiger partial charge in [-0.3, -0.25) is 0 Å². The van der Waals surface area contributed by atoms with Gasteiger partial charge in [0.05, 0.1) is 10.6 Å². The van der Waals surface area contributed by atoms with E-state index in [0.717, 1.165) is 18.5 Å². The third-order valence-corrected chi connectivity index (χ3v) is 4.03. The molecule has 1 N–H and O–H groups in total. The summed E-state index contributed by atoms with van der Waals surface area (Å²) in [5, 5.41) is 9.19. The van der Waals surface area contributed by atoms with Crippen molar-refractivity contribution in [3.63, 3.8) is 0 Å². The van der Waals surface area contributed by atoms with Crippen molar-refractivity contribution < 1.29 is 26.7 Å². The lowest BCUT2D eigenvalue weighted by Gasteiger charge is -2.13. The van der Waals surface area contributed by atoms with E-state index in [1.807, 2.05) is 0 Å². The quantitative estimate of drug-likeness (QED) is 0.945. The second-order valence-corrected chi connectivity index (χ2v) is 6.52. The smallest absolute Gasteiger partial charge is 0.379 e. The Morgan fingerprint density at radius 3 is 2.38 bits per heavy atom. The van der Waals surface area contributed by atoms with Crippen LogP contribution in [0.3, 0.4) is 0 Å². The van der Waals surface area contributed by atoms with Crippen LogP contribution < -0.4 is 0 Å². The van der Waals surface area contributed by atoms with Crippen molar-refractivity contribution in [3.8, 4) is 5.69 Å². The molecule has 0 bridgehead atoms. The van der Waals surface area contributed by atoms with E-state index in [1.54, 1.807) is 6.07 Å². The zero-order valence-corrected chi connectivity index (χ0v) is 11.7. The van der Waals surface area contributed by atoms with Gasteiger partial charge in [0.25, 0.3) is 0 Å². The molecule has 21 heavy (non-hydrogen) atoms. The molecule has 0 saturated heterocycles. The molecule has 1 aromatic heterocycles. The molecule has 2 aromatic rings. The van der Waals surface area contributed by atoms with E-state index in [9.17, 15) is 26.7 Å². The first-order chi connectivity index (χ1) is 9.60. The SMILES string of the molecule is CS(=O)(=O)c1ccccc1-n1ccc(C(O)C(F)(F)F)c1. The van der Waals surface area contributed by atoms with Gasteiger partial charge in [-0.05, 0) is 18.2 Å². The summed E-state index contributed by atoms with van der Waals surface area (Å²) in [5.74, 6) is 0. The number of aliphatic hydroxyl groups excluding tert-OH is 1. The molecule has 0 radical (unpaired) electrons. The Balaban J connectivity index is 2.49. The Kier molecular flexibility index (Phi) is 3.85. The number of hydrogen-bond acceptors (Lipinski definition) is 3. The van der Waals surface area contributed by atoms with Crippen LogP contribution in [-0.2, 0) is 9.84 Å². The van der Waals surface area contributed by atoms with Gasteiger partial charge >= 0.3 is 6.18 Å². The number of halogens is 3. The highest BCUT2D eigenvalue weighted by atomic mass is 32.2. The zero-order chi connectivity index (χ0) is 15.8. The Morgan fingerprint density at radius 1 is 1.19 bits per heavy atom. The Hall–Kier alpha value is -1.80. The van der Waals surface area contributed by atoms with Crippen LogP contribution in [0.4, 0.5) is 13.2 Å². The molecule has 0 aliphatic rings. The van der Waals surface area contributed by atoms with E-state index in [1.165, 1.54) is 29.0 Å². The number of aromatic nitrogens is 1. The van der Waals surface area contributed by atoms with Gasteiger partial charge in [-0.1, -0.05) is 12.1 Å². The summed E-state index contributed by atoms with van der Waals surface area (Å²) in [6.45, 7) is 0.